The number of aromatic nitrogens is 5. The molecule has 3 aromatic carbocycles. The van der Waals surface area contributed by atoms with Crippen molar-refractivity contribution in [1.29, 1.82) is 0 Å². The Bertz CT molecular complexity index is 4040. The summed E-state index contributed by atoms with van der Waals surface area (Å²) in [5.74, 6) is 0. The molecule has 0 saturated heterocycles. The maximum absolute atomic E-state index is 2.89. The van der Waals surface area contributed by atoms with Crippen molar-refractivity contribution in [3.8, 4) is 0 Å². The van der Waals surface area contributed by atoms with E-state index < -0.39 is 0 Å². The molecule has 0 spiro atoms. The Hall–Kier alpha value is -5.68. The average molecular weight is 854 g/mol. The summed E-state index contributed by atoms with van der Waals surface area (Å²) in [4.78, 5) is 0. The maximum Gasteiger partial charge on any atom is 0.0992 e. The van der Waals surface area contributed by atoms with Gasteiger partial charge < -0.3 is 22.0 Å². The Morgan fingerprint density at radius 3 is 0.738 bits per heavy atom. The summed E-state index contributed by atoms with van der Waals surface area (Å²) in [6, 6.07) is 10.0. The van der Waals surface area contributed by atoms with E-state index in [-0.39, 0.29) is 5.41 Å². The number of pyridine rings is 2. The van der Waals surface area contributed by atoms with Gasteiger partial charge in [-0.15, -0.1) is 0 Å². The van der Waals surface area contributed by atoms with Crippen molar-refractivity contribution >= 4 is 115 Å². The summed E-state index contributed by atoms with van der Waals surface area (Å²) in [6.07, 6.45) is 10.1. The molecule has 5 nitrogen and oxygen atoms in total. The monoisotopic (exact) mass is 854 g/mol. The van der Waals surface area contributed by atoms with Gasteiger partial charge in [-0.3, -0.25) is 0 Å². The van der Waals surface area contributed by atoms with Gasteiger partial charge >= 0.3 is 0 Å². The standard InChI is InChI=1S/C60H63N5/c1-14-29-31(16-3)47-49-33(18-5)35(20-7)51-53-37(22-9)38(23-10)54-52-36(21-8)34(19-6)50-48-32(17-4)30(15-2)46-42-40-27-25-28(60(11,12)13)24-26-39(40)41-43(42)44-55(61(47)45(29)41)57(63(49)51)59(65(53)54)58(64(50)52)56(44)62(46)48/h24-27H,14-23H2,1-13H3. The summed E-state index contributed by atoms with van der Waals surface area (Å²) in [5.41, 5.74) is 38.8. The van der Waals surface area contributed by atoms with Crippen molar-refractivity contribution in [3.05, 3.63) is 85.5 Å². The Morgan fingerprint density at radius 2 is 0.492 bits per heavy atom. The molecule has 0 saturated carbocycles. The third-order valence-corrected chi connectivity index (χ3v) is 17.6. The number of aryl methyl sites for hydroxylation is 10. The molecule has 65 heavy (non-hydrogen) atoms. The highest BCUT2D eigenvalue weighted by Gasteiger charge is 2.40. The number of nitrogens with zero attached hydrogens (tertiary/aromatic N) is 5. The first-order chi connectivity index (χ1) is 31.6. The lowest BCUT2D eigenvalue weighted by Crippen LogP contribution is -2.12. The van der Waals surface area contributed by atoms with Gasteiger partial charge in [0.2, 0.25) is 0 Å². The van der Waals surface area contributed by atoms with Crippen LogP contribution in [0.3, 0.4) is 0 Å². The van der Waals surface area contributed by atoms with E-state index >= 15 is 0 Å². The molecule has 0 atom stereocenters. The first kappa shape index (κ1) is 38.6. The normalized spacial score (nSPS) is 13.9. The molecule has 14 rings (SSSR count). The van der Waals surface area contributed by atoms with Crippen LogP contribution in [0.2, 0.25) is 0 Å². The lowest BCUT2D eigenvalue weighted by Gasteiger charge is -2.26. The van der Waals surface area contributed by atoms with Gasteiger partial charge in [0, 0.05) is 21.5 Å². The zero-order valence-electron chi connectivity index (χ0n) is 41.1. The minimum absolute atomic E-state index is 0.0321. The van der Waals surface area contributed by atoms with Gasteiger partial charge in [0.15, 0.2) is 0 Å². The van der Waals surface area contributed by atoms with Crippen molar-refractivity contribution in [1.82, 2.24) is 22.0 Å². The highest BCUT2D eigenvalue weighted by atomic mass is 15.1. The molecule has 0 fully saturated rings. The molecule has 0 bridgehead atoms. The van der Waals surface area contributed by atoms with Crippen molar-refractivity contribution < 1.29 is 0 Å². The molecule has 5 heteroatoms. The third-order valence-electron chi connectivity index (χ3n) is 17.6. The van der Waals surface area contributed by atoms with Gasteiger partial charge in [0.25, 0.3) is 0 Å². The van der Waals surface area contributed by atoms with Crippen LogP contribution < -0.4 is 0 Å². The smallest absolute Gasteiger partial charge is 0.0992 e. The first-order valence-electron chi connectivity index (χ1n) is 25.8. The van der Waals surface area contributed by atoms with E-state index in [0.717, 1.165) is 64.2 Å². The number of hydrogen-bond donors (Lipinski definition) is 0. The molecule has 0 unspecified atom stereocenters. The largest absolute Gasteiger partial charge is 0.304 e. The highest BCUT2D eigenvalue weighted by molar-refractivity contribution is 6.46. The van der Waals surface area contributed by atoms with Crippen LogP contribution in [0.4, 0.5) is 0 Å². The molecule has 0 aliphatic rings. The Balaban J connectivity index is 1.50. The molecule has 0 aliphatic carbocycles. The van der Waals surface area contributed by atoms with E-state index in [1.165, 1.54) is 121 Å². The lowest BCUT2D eigenvalue weighted by atomic mass is 9.88. The fourth-order valence-electron chi connectivity index (χ4n) is 15.4. The quantitative estimate of drug-likeness (QED) is 0.0966. The highest BCUT2D eigenvalue weighted by Crippen LogP contribution is 2.58. The summed E-state index contributed by atoms with van der Waals surface area (Å²) in [6.45, 7) is 31.4. The molecule has 0 aliphatic heterocycles. The minimum Gasteiger partial charge on any atom is -0.304 e. The van der Waals surface area contributed by atoms with Crippen LogP contribution >= 0.6 is 0 Å². The number of benzene rings is 1. The molecule has 14 aromatic rings. The number of fused-ring (bicyclic) bond motifs is 9. The van der Waals surface area contributed by atoms with Crippen molar-refractivity contribution in [3.63, 3.8) is 0 Å². The fourth-order valence-corrected chi connectivity index (χ4v) is 15.4. The van der Waals surface area contributed by atoms with E-state index in [1.807, 2.05) is 0 Å². The van der Waals surface area contributed by atoms with Crippen molar-refractivity contribution in [2.24, 2.45) is 0 Å². The van der Waals surface area contributed by atoms with Crippen LogP contribution in [-0.4, -0.2) is 22.0 Å². The zero-order chi connectivity index (χ0) is 44.8. The molecule has 328 valence electrons. The summed E-state index contributed by atoms with van der Waals surface area (Å²) in [5, 5.41) is 8.73. The van der Waals surface area contributed by atoms with Gasteiger partial charge in [-0.2, -0.15) is 0 Å². The second-order valence-corrected chi connectivity index (χ2v) is 20.9. The molecule has 0 radical (unpaired) electrons. The van der Waals surface area contributed by atoms with E-state index in [2.05, 4.69) is 136 Å². The third kappa shape index (κ3) is 3.74. The van der Waals surface area contributed by atoms with Crippen LogP contribution in [0.5, 0.6) is 0 Å². The Labute approximate surface area is 380 Å². The topological polar surface area (TPSA) is 22.1 Å². The van der Waals surface area contributed by atoms with E-state index in [4.69, 9.17) is 0 Å². The predicted octanol–water partition coefficient (Wildman–Crippen LogP) is 15.7. The van der Waals surface area contributed by atoms with Crippen LogP contribution in [0.25, 0.3) is 115 Å². The second-order valence-electron chi connectivity index (χ2n) is 20.9. The molecule has 0 amide bonds. The molecule has 11 aromatic heterocycles. The van der Waals surface area contributed by atoms with Crippen LogP contribution in [-0.2, 0) is 69.6 Å². The van der Waals surface area contributed by atoms with Gasteiger partial charge in [0.05, 0.1) is 82.8 Å². The summed E-state index contributed by atoms with van der Waals surface area (Å²) < 4.78 is 14.5. The number of hydrogen-bond acceptors (Lipinski definition) is 0. The zero-order valence-corrected chi connectivity index (χ0v) is 41.1. The Kier molecular flexibility index (Phi) is 7.24. The Morgan fingerprint density at radius 1 is 0.262 bits per heavy atom. The second kappa shape index (κ2) is 12.2. The molecule has 11 heterocycles. The maximum atomic E-state index is 2.89. The van der Waals surface area contributed by atoms with Crippen molar-refractivity contribution in [2.75, 3.05) is 0 Å². The summed E-state index contributed by atoms with van der Waals surface area (Å²) >= 11 is 0. The van der Waals surface area contributed by atoms with E-state index in [0.29, 0.717) is 0 Å². The van der Waals surface area contributed by atoms with Gasteiger partial charge in [-0.25, -0.2) is 0 Å². The predicted molar refractivity (Wildman–Crippen MR) is 281 cm³/mol. The van der Waals surface area contributed by atoms with Gasteiger partial charge in [-0.05, 0) is 142 Å². The SMILES string of the molecule is CCc1c(CC)c2c3c(CC)c(CC)c4c5c(CC)c(CC)c6c7c(CC)c(CC)c8c9c(CC)c(CC)c%10c%11c%12ccc(C(C)(C)C)ccc%12c%12c%11c%11c(c(c(c(c%11n%109)n87)n56)n34)n2c1%12. The van der Waals surface area contributed by atoms with Crippen molar-refractivity contribution in [2.45, 2.75) is 160 Å². The average Bonchev–Trinajstić information content (AvgIpc) is 4.11. The lowest BCUT2D eigenvalue weighted by molar-refractivity contribution is 0.591. The molecular formula is C60H63N5. The number of rotatable bonds is 10. The molecule has 0 N–H and O–H groups in total. The van der Waals surface area contributed by atoms with E-state index in [1.54, 1.807) is 55.6 Å². The van der Waals surface area contributed by atoms with Crippen LogP contribution in [0, 0.1) is 0 Å². The fraction of sp³-hybridized carbons (Fsp3) is 0.400. The minimum atomic E-state index is 0.0321. The van der Waals surface area contributed by atoms with Crippen LogP contribution in [0.15, 0.2) is 24.3 Å². The molecular weight excluding hydrogens is 791 g/mol. The summed E-state index contributed by atoms with van der Waals surface area (Å²) in [7, 11) is 0. The van der Waals surface area contributed by atoms with Gasteiger partial charge in [-0.1, -0.05) is 114 Å². The van der Waals surface area contributed by atoms with E-state index in [9.17, 15) is 0 Å². The van der Waals surface area contributed by atoms with Crippen LogP contribution in [0.1, 0.15) is 151 Å². The first-order valence-corrected chi connectivity index (χ1v) is 25.8. The van der Waals surface area contributed by atoms with Gasteiger partial charge in [0.1, 0.15) is 0 Å².